The molecule has 4 heteroatoms. The summed E-state index contributed by atoms with van der Waals surface area (Å²) in [5.41, 5.74) is 7.72. The van der Waals surface area contributed by atoms with E-state index in [0.717, 1.165) is 11.1 Å². The average Bonchev–Trinajstić information content (AvgIpc) is 2.39. The number of carbonyl (C=O) groups is 1. The number of pyridine rings is 1. The molecule has 0 unspecified atom stereocenters. The highest BCUT2D eigenvalue weighted by Gasteiger charge is 2.02. The van der Waals surface area contributed by atoms with Gasteiger partial charge in [0.05, 0.1) is 0 Å². The van der Waals surface area contributed by atoms with Crippen LogP contribution >= 0.6 is 0 Å². The Kier molecular flexibility index (Phi) is 4.13. The minimum atomic E-state index is 0.159. The van der Waals surface area contributed by atoms with Crippen LogP contribution in [-0.4, -0.2) is 10.8 Å². The molecule has 0 radical (unpaired) electrons. The van der Waals surface area contributed by atoms with Crippen molar-refractivity contribution in [2.45, 2.75) is 20.0 Å². The first-order chi connectivity index (χ1) is 9.15. The molecular formula is C15H16N2O2. The number of ketones is 1. The minimum absolute atomic E-state index is 0.159. The summed E-state index contributed by atoms with van der Waals surface area (Å²) in [7, 11) is 0. The molecular weight excluding hydrogens is 240 g/mol. The second kappa shape index (κ2) is 6.00. The summed E-state index contributed by atoms with van der Waals surface area (Å²) in [4.78, 5) is 15.0. The summed E-state index contributed by atoms with van der Waals surface area (Å²) in [5, 5.41) is 0. The number of benzene rings is 1. The largest absolute Gasteiger partial charge is 0.485 e. The van der Waals surface area contributed by atoms with Crippen molar-refractivity contribution in [2.75, 3.05) is 5.73 Å². The molecule has 2 N–H and O–H groups in total. The maximum atomic E-state index is 11.0. The molecule has 2 aromatic rings. The number of hydrogen-bond donors (Lipinski definition) is 1. The Morgan fingerprint density at radius 3 is 2.53 bits per heavy atom. The minimum Gasteiger partial charge on any atom is -0.485 e. The number of hydrogen-bond acceptors (Lipinski definition) is 4. The molecule has 98 valence electrons. The van der Waals surface area contributed by atoms with Gasteiger partial charge in [0.2, 0.25) is 0 Å². The summed E-state index contributed by atoms with van der Waals surface area (Å²) < 4.78 is 5.59. The fourth-order valence-corrected chi connectivity index (χ4v) is 1.73. The lowest BCUT2D eigenvalue weighted by Gasteiger charge is -2.08. The Hall–Kier alpha value is -2.36. The molecule has 0 saturated heterocycles. The highest BCUT2D eigenvalue weighted by Crippen LogP contribution is 2.18. The molecule has 0 saturated carbocycles. The highest BCUT2D eigenvalue weighted by atomic mass is 16.5. The first-order valence-corrected chi connectivity index (χ1v) is 6.05. The fraction of sp³-hybridized carbons (Fsp3) is 0.200. The van der Waals surface area contributed by atoms with E-state index in [-0.39, 0.29) is 5.78 Å². The molecule has 1 aromatic heterocycles. The zero-order valence-electron chi connectivity index (χ0n) is 10.8. The number of nitrogens with zero attached hydrogens (tertiary/aromatic N) is 1. The van der Waals surface area contributed by atoms with Crippen LogP contribution in [0.1, 0.15) is 18.1 Å². The zero-order valence-corrected chi connectivity index (χ0v) is 10.8. The number of aromatic nitrogens is 1. The van der Waals surface area contributed by atoms with Gasteiger partial charge in [0.1, 0.15) is 12.4 Å². The van der Waals surface area contributed by atoms with Crippen LogP contribution in [0.2, 0.25) is 0 Å². The predicted octanol–water partition coefficient (Wildman–Crippen LogP) is 2.37. The van der Waals surface area contributed by atoms with Crippen LogP contribution in [0.3, 0.4) is 0 Å². The number of rotatable bonds is 5. The standard InChI is InChI=1S/C15H16N2O2/c1-11(18)9-12-4-6-13(7-5-12)10-19-14-3-2-8-17-15(14)16/h2-8H,9-10H2,1H3,(H2,16,17). The zero-order chi connectivity index (χ0) is 13.7. The Morgan fingerprint density at radius 1 is 1.21 bits per heavy atom. The van der Waals surface area contributed by atoms with Crippen LogP contribution in [0.25, 0.3) is 0 Å². The third kappa shape index (κ3) is 3.81. The van der Waals surface area contributed by atoms with Gasteiger partial charge in [-0.05, 0) is 30.2 Å². The predicted molar refractivity (Wildman–Crippen MR) is 73.8 cm³/mol. The Morgan fingerprint density at radius 2 is 1.89 bits per heavy atom. The molecule has 0 spiro atoms. The molecule has 0 aliphatic carbocycles. The van der Waals surface area contributed by atoms with Crippen molar-refractivity contribution in [3.05, 3.63) is 53.7 Å². The molecule has 0 bridgehead atoms. The van der Waals surface area contributed by atoms with Crippen LogP contribution in [0.15, 0.2) is 42.6 Å². The first-order valence-electron chi connectivity index (χ1n) is 6.05. The van der Waals surface area contributed by atoms with Crippen LogP contribution < -0.4 is 10.5 Å². The van der Waals surface area contributed by atoms with E-state index >= 15 is 0 Å². The van der Waals surface area contributed by atoms with E-state index in [1.807, 2.05) is 24.3 Å². The molecule has 19 heavy (non-hydrogen) atoms. The van der Waals surface area contributed by atoms with Crippen LogP contribution in [0.5, 0.6) is 5.75 Å². The highest BCUT2D eigenvalue weighted by molar-refractivity contribution is 5.78. The van der Waals surface area contributed by atoms with E-state index in [4.69, 9.17) is 10.5 Å². The van der Waals surface area contributed by atoms with Crippen molar-refractivity contribution >= 4 is 11.6 Å². The Balaban J connectivity index is 1.97. The van der Waals surface area contributed by atoms with Crippen LogP contribution in [0.4, 0.5) is 5.82 Å². The third-order valence-electron chi connectivity index (χ3n) is 2.67. The van der Waals surface area contributed by atoms with Gasteiger partial charge in [0.15, 0.2) is 11.6 Å². The van der Waals surface area contributed by atoms with E-state index in [1.54, 1.807) is 25.3 Å². The lowest BCUT2D eigenvalue weighted by atomic mass is 10.1. The summed E-state index contributed by atoms with van der Waals surface area (Å²) in [6.45, 7) is 2.01. The van der Waals surface area contributed by atoms with Crippen LogP contribution in [0, 0.1) is 0 Å². The number of nitrogens with two attached hydrogens (primary N) is 1. The van der Waals surface area contributed by atoms with Crippen molar-refractivity contribution < 1.29 is 9.53 Å². The third-order valence-corrected chi connectivity index (χ3v) is 2.67. The maximum absolute atomic E-state index is 11.0. The van der Waals surface area contributed by atoms with E-state index in [2.05, 4.69) is 4.98 Å². The van der Waals surface area contributed by atoms with Crippen molar-refractivity contribution in [2.24, 2.45) is 0 Å². The molecule has 1 aromatic carbocycles. The number of carbonyl (C=O) groups excluding carboxylic acids is 1. The van der Waals surface area contributed by atoms with Gasteiger partial charge < -0.3 is 10.5 Å². The van der Waals surface area contributed by atoms with Crippen molar-refractivity contribution in [3.63, 3.8) is 0 Å². The first kappa shape index (κ1) is 13.1. The van der Waals surface area contributed by atoms with Gasteiger partial charge in [-0.15, -0.1) is 0 Å². The quantitative estimate of drug-likeness (QED) is 0.892. The fourth-order valence-electron chi connectivity index (χ4n) is 1.73. The number of anilines is 1. The summed E-state index contributed by atoms with van der Waals surface area (Å²) in [6.07, 6.45) is 2.09. The lowest BCUT2D eigenvalue weighted by molar-refractivity contribution is -0.116. The second-order valence-corrected chi connectivity index (χ2v) is 4.37. The SMILES string of the molecule is CC(=O)Cc1ccc(COc2cccnc2N)cc1. The van der Waals surface area contributed by atoms with Gasteiger partial charge in [0, 0.05) is 12.6 Å². The maximum Gasteiger partial charge on any atom is 0.166 e. The van der Waals surface area contributed by atoms with Crippen molar-refractivity contribution in [1.82, 2.24) is 4.98 Å². The molecule has 0 aliphatic rings. The normalized spacial score (nSPS) is 10.2. The van der Waals surface area contributed by atoms with Crippen LogP contribution in [-0.2, 0) is 17.8 Å². The average molecular weight is 256 g/mol. The number of ether oxygens (including phenoxy) is 1. The van der Waals surface area contributed by atoms with Gasteiger partial charge >= 0.3 is 0 Å². The number of nitrogen functional groups attached to an aromatic ring is 1. The number of Topliss-reactive ketones (excluding diaryl/α,β-unsaturated/α-hetero) is 1. The molecule has 4 nitrogen and oxygen atoms in total. The molecule has 0 atom stereocenters. The smallest absolute Gasteiger partial charge is 0.166 e. The second-order valence-electron chi connectivity index (χ2n) is 4.37. The van der Waals surface area contributed by atoms with E-state index in [1.165, 1.54) is 0 Å². The lowest BCUT2D eigenvalue weighted by Crippen LogP contribution is -2.01. The molecule has 1 heterocycles. The van der Waals surface area contributed by atoms with E-state index < -0.39 is 0 Å². The van der Waals surface area contributed by atoms with E-state index in [9.17, 15) is 4.79 Å². The monoisotopic (exact) mass is 256 g/mol. The molecule has 2 rings (SSSR count). The van der Waals surface area contributed by atoms with Gasteiger partial charge in [-0.3, -0.25) is 4.79 Å². The molecule has 0 fully saturated rings. The van der Waals surface area contributed by atoms with Crippen molar-refractivity contribution in [1.29, 1.82) is 0 Å². The molecule has 0 aliphatic heterocycles. The molecule has 0 amide bonds. The Bertz CT molecular complexity index is 565. The van der Waals surface area contributed by atoms with Gasteiger partial charge in [-0.1, -0.05) is 24.3 Å². The topological polar surface area (TPSA) is 65.2 Å². The van der Waals surface area contributed by atoms with Gasteiger partial charge in [0.25, 0.3) is 0 Å². The van der Waals surface area contributed by atoms with Gasteiger partial charge in [-0.25, -0.2) is 4.98 Å². The summed E-state index contributed by atoms with van der Waals surface area (Å²) in [5.74, 6) is 1.12. The summed E-state index contributed by atoms with van der Waals surface area (Å²) >= 11 is 0. The van der Waals surface area contributed by atoms with E-state index in [0.29, 0.717) is 24.6 Å². The van der Waals surface area contributed by atoms with Crippen molar-refractivity contribution in [3.8, 4) is 5.75 Å². The van der Waals surface area contributed by atoms with Gasteiger partial charge in [-0.2, -0.15) is 0 Å². The Labute approximate surface area is 112 Å². The summed E-state index contributed by atoms with van der Waals surface area (Å²) in [6, 6.07) is 11.3.